The second-order valence-corrected chi connectivity index (χ2v) is 6.09. The van der Waals surface area contributed by atoms with E-state index in [1.807, 2.05) is 18.2 Å². The van der Waals surface area contributed by atoms with Crippen LogP contribution in [0, 0.1) is 0 Å². The van der Waals surface area contributed by atoms with Crippen molar-refractivity contribution < 1.29 is 19.1 Å². The zero-order valence-corrected chi connectivity index (χ0v) is 13.7. The average Bonchev–Trinajstić information content (AvgIpc) is 3.22. The molecule has 1 aromatic heterocycles. The number of amides is 1. The number of likely N-dealkylation sites (tertiary alicyclic amines) is 1. The summed E-state index contributed by atoms with van der Waals surface area (Å²) in [5.41, 5.74) is 0.745. The number of hydrogen-bond acceptors (Lipinski definition) is 4. The number of aliphatic carboxylic acids is 1. The molecule has 1 atom stereocenters. The lowest BCUT2D eigenvalue weighted by atomic mass is 10.2. The number of carbonyl (C=O) groups excluding carboxylic acids is 1. The summed E-state index contributed by atoms with van der Waals surface area (Å²) >= 11 is 6.12. The second-order valence-electron chi connectivity index (χ2n) is 5.68. The second kappa shape index (κ2) is 7.05. The summed E-state index contributed by atoms with van der Waals surface area (Å²) in [5, 5.41) is 9.70. The number of aryl methyl sites for hydroxylation is 1. The van der Waals surface area contributed by atoms with Gasteiger partial charge in [-0.05, 0) is 25.0 Å². The molecule has 3 rings (SSSR count). The van der Waals surface area contributed by atoms with E-state index in [9.17, 15) is 9.59 Å². The van der Waals surface area contributed by atoms with Gasteiger partial charge in [0, 0.05) is 24.9 Å². The zero-order valence-electron chi connectivity index (χ0n) is 12.9. The van der Waals surface area contributed by atoms with Crippen molar-refractivity contribution >= 4 is 23.5 Å². The van der Waals surface area contributed by atoms with Gasteiger partial charge in [0.1, 0.15) is 6.04 Å². The Morgan fingerprint density at radius 3 is 2.92 bits per heavy atom. The monoisotopic (exact) mass is 348 g/mol. The molecule has 0 aliphatic carbocycles. The van der Waals surface area contributed by atoms with Crippen LogP contribution in [0.5, 0.6) is 0 Å². The number of nitrogens with zero attached hydrogens (tertiary/aromatic N) is 2. The molecule has 1 aliphatic heterocycles. The van der Waals surface area contributed by atoms with Gasteiger partial charge in [0.2, 0.25) is 5.91 Å². The van der Waals surface area contributed by atoms with E-state index in [0.717, 1.165) is 12.0 Å². The third-order valence-corrected chi connectivity index (χ3v) is 4.43. The summed E-state index contributed by atoms with van der Waals surface area (Å²) in [4.78, 5) is 29.0. The number of oxazole rings is 1. The number of carbonyl (C=O) groups is 2. The third-order valence-electron chi connectivity index (χ3n) is 4.10. The van der Waals surface area contributed by atoms with Crippen LogP contribution in [-0.4, -0.2) is 39.5 Å². The van der Waals surface area contributed by atoms with Crippen LogP contribution in [0.25, 0.3) is 11.3 Å². The van der Waals surface area contributed by atoms with E-state index in [0.29, 0.717) is 36.1 Å². The molecular weight excluding hydrogens is 332 g/mol. The van der Waals surface area contributed by atoms with Crippen molar-refractivity contribution in [2.45, 2.75) is 31.7 Å². The number of carboxylic acid groups (broad SMARTS) is 1. The van der Waals surface area contributed by atoms with Crippen molar-refractivity contribution in [3.63, 3.8) is 0 Å². The summed E-state index contributed by atoms with van der Waals surface area (Å²) < 4.78 is 5.66. The quantitative estimate of drug-likeness (QED) is 0.898. The lowest BCUT2D eigenvalue weighted by molar-refractivity contribution is -0.148. The van der Waals surface area contributed by atoms with E-state index in [1.165, 1.54) is 4.90 Å². The topological polar surface area (TPSA) is 83.6 Å². The largest absolute Gasteiger partial charge is 0.480 e. The minimum Gasteiger partial charge on any atom is -0.480 e. The van der Waals surface area contributed by atoms with E-state index in [-0.39, 0.29) is 12.3 Å². The first-order chi connectivity index (χ1) is 11.6. The summed E-state index contributed by atoms with van der Waals surface area (Å²) in [6.07, 6.45) is 3.31. The number of hydrogen-bond donors (Lipinski definition) is 1. The number of benzene rings is 1. The molecule has 0 saturated carbocycles. The van der Waals surface area contributed by atoms with Crippen LogP contribution in [0.15, 0.2) is 34.9 Å². The summed E-state index contributed by atoms with van der Waals surface area (Å²) in [7, 11) is 0. The van der Waals surface area contributed by atoms with Gasteiger partial charge >= 0.3 is 5.97 Å². The van der Waals surface area contributed by atoms with Gasteiger partial charge < -0.3 is 14.4 Å². The molecule has 0 unspecified atom stereocenters. The Bertz CT molecular complexity index is 759. The lowest BCUT2D eigenvalue weighted by Crippen LogP contribution is -2.40. The molecule has 0 bridgehead atoms. The Kier molecular flexibility index (Phi) is 4.85. The summed E-state index contributed by atoms with van der Waals surface area (Å²) in [6, 6.07) is 6.57. The first-order valence-corrected chi connectivity index (χ1v) is 8.16. The molecular formula is C17H17ClN2O4. The lowest BCUT2D eigenvalue weighted by Gasteiger charge is -2.20. The highest BCUT2D eigenvalue weighted by atomic mass is 35.5. The fraction of sp³-hybridized carbons (Fsp3) is 0.353. The molecule has 0 radical (unpaired) electrons. The number of halogens is 1. The first kappa shape index (κ1) is 16.5. The van der Waals surface area contributed by atoms with Crippen molar-refractivity contribution in [3.05, 3.63) is 41.4 Å². The van der Waals surface area contributed by atoms with Gasteiger partial charge in [-0.15, -0.1) is 0 Å². The number of aromatic nitrogens is 1. The van der Waals surface area contributed by atoms with Gasteiger partial charge in [-0.1, -0.05) is 23.7 Å². The Labute approximate surface area is 144 Å². The van der Waals surface area contributed by atoms with E-state index in [1.54, 1.807) is 12.3 Å². The Hall–Kier alpha value is -2.34. The fourth-order valence-corrected chi connectivity index (χ4v) is 3.12. The average molecular weight is 349 g/mol. The van der Waals surface area contributed by atoms with Gasteiger partial charge in [0.25, 0.3) is 0 Å². The molecule has 2 heterocycles. The molecule has 6 nitrogen and oxygen atoms in total. The highest BCUT2D eigenvalue weighted by Crippen LogP contribution is 2.28. The van der Waals surface area contributed by atoms with Gasteiger partial charge in [-0.2, -0.15) is 0 Å². The molecule has 1 N–H and O–H groups in total. The Morgan fingerprint density at radius 1 is 1.38 bits per heavy atom. The smallest absolute Gasteiger partial charge is 0.326 e. The van der Waals surface area contributed by atoms with Crippen LogP contribution in [0.4, 0.5) is 0 Å². The predicted octanol–water partition coefficient (Wildman–Crippen LogP) is 3.00. The maximum atomic E-state index is 12.2. The molecule has 2 aromatic rings. The van der Waals surface area contributed by atoms with Crippen LogP contribution in [0.2, 0.25) is 5.02 Å². The predicted molar refractivity (Wildman–Crippen MR) is 87.6 cm³/mol. The van der Waals surface area contributed by atoms with Crippen LogP contribution >= 0.6 is 11.6 Å². The van der Waals surface area contributed by atoms with E-state index in [2.05, 4.69) is 4.98 Å². The van der Waals surface area contributed by atoms with Gasteiger partial charge in [-0.3, -0.25) is 4.79 Å². The molecule has 7 heteroatoms. The van der Waals surface area contributed by atoms with E-state index >= 15 is 0 Å². The highest BCUT2D eigenvalue weighted by Gasteiger charge is 2.33. The van der Waals surface area contributed by atoms with Crippen molar-refractivity contribution in [2.75, 3.05) is 6.54 Å². The minimum absolute atomic E-state index is 0.173. The molecule has 24 heavy (non-hydrogen) atoms. The van der Waals surface area contributed by atoms with Crippen molar-refractivity contribution in [1.82, 2.24) is 9.88 Å². The van der Waals surface area contributed by atoms with Crippen molar-refractivity contribution in [3.8, 4) is 11.3 Å². The highest BCUT2D eigenvalue weighted by molar-refractivity contribution is 6.33. The van der Waals surface area contributed by atoms with Gasteiger partial charge in [0.15, 0.2) is 11.7 Å². The van der Waals surface area contributed by atoms with Crippen LogP contribution in [0.1, 0.15) is 25.2 Å². The Morgan fingerprint density at radius 2 is 2.17 bits per heavy atom. The van der Waals surface area contributed by atoms with E-state index < -0.39 is 12.0 Å². The van der Waals surface area contributed by atoms with Gasteiger partial charge in [-0.25, -0.2) is 9.78 Å². The van der Waals surface area contributed by atoms with Crippen molar-refractivity contribution in [2.24, 2.45) is 0 Å². The van der Waals surface area contributed by atoms with Crippen LogP contribution in [-0.2, 0) is 16.0 Å². The molecule has 126 valence electrons. The maximum Gasteiger partial charge on any atom is 0.326 e. The number of rotatable bonds is 5. The summed E-state index contributed by atoms with van der Waals surface area (Å²) in [5.74, 6) is -0.146. The molecule has 1 amide bonds. The Balaban J connectivity index is 1.63. The molecule has 0 spiro atoms. The molecule has 1 aliphatic rings. The maximum absolute atomic E-state index is 12.2. The van der Waals surface area contributed by atoms with Crippen LogP contribution in [0.3, 0.4) is 0 Å². The number of carboxylic acids is 1. The van der Waals surface area contributed by atoms with Crippen LogP contribution < -0.4 is 0 Å². The standard InChI is InChI=1S/C17H17ClN2O4/c18-12-5-2-1-4-11(12)14-10-19-15(24-14)7-8-16(21)20-9-3-6-13(20)17(22)23/h1-2,4-5,10,13H,3,6-9H2,(H,22,23)/t13-/m0/s1. The zero-order chi connectivity index (χ0) is 17.1. The first-order valence-electron chi connectivity index (χ1n) is 7.78. The molecule has 1 fully saturated rings. The van der Waals surface area contributed by atoms with E-state index in [4.69, 9.17) is 21.1 Å². The normalized spacial score (nSPS) is 17.2. The summed E-state index contributed by atoms with van der Waals surface area (Å²) in [6.45, 7) is 0.492. The third kappa shape index (κ3) is 3.43. The van der Waals surface area contributed by atoms with Crippen molar-refractivity contribution in [1.29, 1.82) is 0 Å². The van der Waals surface area contributed by atoms with Gasteiger partial charge in [0.05, 0.1) is 11.2 Å². The molecule has 1 saturated heterocycles. The molecule has 1 aromatic carbocycles. The SMILES string of the molecule is O=C(O)[C@@H]1CCCN1C(=O)CCc1ncc(-c2ccccc2Cl)o1. The fourth-order valence-electron chi connectivity index (χ4n) is 2.89. The minimum atomic E-state index is -0.946.